The first kappa shape index (κ1) is 14.8. The van der Waals surface area contributed by atoms with E-state index in [0.717, 1.165) is 10.4 Å². The molecule has 0 aliphatic carbocycles. The van der Waals surface area contributed by atoms with E-state index in [4.69, 9.17) is 0 Å². The summed E-state index contributed by atoms with van der Waals surface area (Å²) in [7, 11) is 0. The zero-order valence-electron chi connectivity index (χ0n) is 12.2. The molecule has 2 rings (SSSR count). The maximum absolute atomic E-state index is 12.2. The molecule has 0 saturated heterocycles. The molecule has 0 saturated carbocycles. The average molecular weight is 287 g/mol. The Labute approximate surface area is 124 Å². The standard InChI is InChI=1S/C17H21NOS/c1-12(2)15(14-7-5-4-6-8-14)11-18-17(19)16-13(3)9-10-20-16/h4-10,12,15H,11H2,1-3H3,(H,18,19). The molecule has 0 bridgehead atoms. The van der Waals surface area contributed by atoms with E-state index in [2.05, 4.69) is 43.4 Å². The summed E-state index contributed by atoms with van der Waals surface area (Å²) in [5.74, 6) is 0.877. The Bertz CT molecular complexity index is 559. The number of benzene rings is 1. The minimum absolute atomic E-state index is 0.0408. The lowest BCUT2D eigenvalue weighted by atomic mass is 9.88. The molecule has 0 fully saturated rings. The third-order valence-electron chi connectivity index (χ3n) is 3.58. The normalized spacial score (nSPS) is 12.4. The first-order chi connectivity index (χ1) is 9.59. The van der Waals surface area contributed by atoms with Gasteiger partial charge in [-0.2, -0.15) is 0 Å². The number of rotatable bonds is 5. The molecule has 2 nitrogen and oxygen atoms in total. The molecule has 1 heterocycles. The van der Waals surface area contributed by atoms with Crippen LogP contribution in [-0.4, -0.2) is 12.5 Å². The van der Waals surface area contributed by atoms with Gasteiger partial charge >= 0.3 is 0 Å². The Morgan fingerprint density at radius 3 is 2.45 bits per heavy atom. The third-order valence-corrected chi connectivity index (χ3v) is 4.60. The molecule has 20 heavy (non-hydrogen) atoms. The number of carbonyl (C=O) groups is 1. The van der Waals surface area contributed by atoms with Crippen molar-refractivity contribution < 1.29 is 4.79 Å². The molecular formula is C17H21NOS. The molecule has 1 amide bonds. The van der Waals surface area contributed by atoms with Crippen molar-refractivity contribution in [3.63, 3.8) is 0 Å². The zero-order valence-corrected chi connectivity index (χ0v) is 13.0. The van der Waals surface area contributed by atoms with E-state index in [9.17, 15) is 4.79 Å². The summed E-state index contributed by atoms with van der Waals surface area (Å²) in [6.07, 6.45) is 0. The number of hydrogen-bond donors (Lipinski definition) is 1. The highest BCUT2D eigenvalue weighted by molar-refractivity contribution is 7.12. The van der Waals surface area contributed by atoms with E-state index in [-0.39, 0.29) is 5.91 Å². The van der Waals surface area contributed by atoms with Gasteiger partial charge in [0.2, 0.25) is 0 Å². The Balaban J connectivity index is 2.04. The second kappa shape index (κ2) is 6.71. The summed E-state index contributed by atoms with van der Waals surface area (Å²) < 4.78 is 0. The fraction of sp³-hybridized carbons (Fsp3) is 0.353. The van der Waals surface area contributed by atoms with Gasteiger partial charge in [0.05, 0.1) is 4.88 Å². The fourth-order valence-electron chi connectivity index (χ4n) is 2.33. The number of thiophene rings is 1. The zero-order chi connectivity index (χ0) is 14.5. The van der Waals surface area contributed by atoms with Gasteiger partial charge in [-0.3, -0.25) is 4.79 Å². The van der Waals surface area contributed by atoms with Crippen molar-refractivity contribution in [2.75, 3.05) is 6.54 Å². The van der Waals surface area contributed by atoms with Crippen LogP contribution in [0.2, 0.25) is 0 Å². The molecule has 3 heteroatoms. The summed E-state index contributed by atoms with van der Waals surface area (Å²) >= 11 is 1.50. The summed E-state index contributed by atoms with van der Waals surface area (Å²) in [6.45, 7) is 7.04. The molecule has 0 aliphatic rings. The van der Waals surface area contributed by atoms with Crippen LogP contribution in [0.1, 0.15) is 40.6 Å². The van der Waals surface area contributed by atoms with E-state index in [1.807, 2.05) is 24.4 Å². The maximum Gasteiger partial charge on any atom is 0.261 e. The van der Waals surface area contributed by atoms with Crippen molar-refractivity contribution in [1.29, 1.82) is 0 Å². The topological polar surface area (TPSA) is 29.1 Å². The second-order valence-corrected chi connectivity index (χ2v) is 6.32. The maximum atomic E-state index is 12.2. The average Bonchev–Trinajstić information content (AvgIpc) is 2.86. The van der Waals surface area contributed by atoms with Gasteiger partial charge in [0.1, 0.15) is 0 Å². The van der Waals surface area contributed by atoms with Crippen molar-refractivity contribution in [3.05, 3.63) is 57.8 Å². The van der Waals surface area contributed by atoms with Crippen LogP contribution < -0.4 is 5.32 Å². The molecule has 2 aromatic rings. The highest BCUT2D eigenvalue weighted by atomic mass is 32.1. The van der Waals surface area contributed by atoms with Crippen molar-refractivity contribution >= 4 is 17.2 Å². The molecule has 0 spiro atoms. The number of amides is 1. The van der Waals surface area contributed by atoms with Gasteiger partial charge in [0.25, 0.3) is 5.91 Å². The molecule has 1 aromatic carbocycles. The van der Waals surface area contributed by atoms with Gasteiger partial charge in [-0.15, -0.1) is 11.3 Å². The smallest absolute Gasteiger partial charge is 0.261 e. The predicted molar refractivity (Wildman–Crippen MR) is 85.4 cm³/mol. The van der Waals surface area contributed by atoms with Crippen molar-refractivity contribution in [2.45, 2.75) is 26.7 Å². The molecule has 106 valence electrons. The number of hydrogen-bond acceptors (Lipinski definition) is 2. The minimum Gasteiger partial charge on any atom is -0.351 e. The van der Waals surface area contributed by atoms with Crippen molar-refractivity contribution in [2.24, 2.45) is 5.92 Å². The Morgan fingerprint density at radius 2 is 1.90 bits per heavy atom. The Kier molecular flexibility index (Phi) is 4.96. The van der Waals surface area contributed by atoms with Gasteiger partial charge in [-0.25, -0.2) is 0 Å². The molecule has 1 atom stereocenters. The van der Waals surface area contributed by atoms with Gasteiger partial charge in [0.15, 0.2) is 0 Å². The summed E-state index contributed by atoms with van der Waals surface area (Å²) in [6, 6.07) is 12.4. The lowest BCUT2D eigenvalue weighted by molar-refractivity contribution is 0.0952. The Morgan fingerprint density at radius 1 is 1.20 bits per heavy atom. The van der Waals surface area contributed by atoms with Crippen LogP contribution in [0.25, 0.3) is 0 Å². The first-order valence-corrected chi connectivity index (χ1v) is 7.84. The minimum atomic E-state index is 0.0408. The van der Waals surface area contributed by atoms with E-state index in [0.29, 0.717) is 18.4 Å². The molecule has 1 aromatic heterocycles. The monoisotopic (exact) mass is 287 g/mol. The highest BCUT2D eigenvalue weighted by Gasteiger charge is 2.18. The van der Waals surface area contributed by atoms with Crippen LogP contribution in [0.5, 0.6) is 0 Å². The van der Waals surface area contributed by atoms with Crippen LogP contribution in [-0.2, 0) is 0 Å². The van der Waals surface area contributed by atoms with Crippen LogP contribution in [0.15, 0.2) is 41.8 Å². The molecule has 0 radical (unpaired) electrons. The van der Waals surface area contributed by atoms with Crippen LogP contribution >= 0.6 is 11.3 Å². The molecule has 0 aliphatic heterocycles. The molecular weight excluding hydrogens is 266 g/mol. The van der Waals surface area contributed by atoms with Crippen LogP contribution in [0, 0.1) is 12.8 Å². The van der Waals surface area contributed by atoms with E-state index in [1.54, 1.807) is 0 Å². The van der Waals surface area contributed by atoms with Gasteiger partial charge in [-0.1, -0.05) is 44.2 Å². The van der Waals surface area contributed by atoms with Gasteiger partial charge < -0.3 is 5.32 Å². The lowest BCUT2D eigenvalue weighted by Crippen LogP contribution is -2.30. The summed E-state index contributed by atoms with van der Waals surface area (Å²) in [5.41, 5.74) is 2.33. The quantitative estimate of drug-likeness (QED) is 0.876. The largest absolute Gasteiger partial charge is 0.351 e. The lowest BCUT2D eigenvalue weighted by Gasteiger charge is -2.21. The van der Waals surface area contributed by atoms with E-state index in [1.165, 1.54) is 16.9 Å². The predicted octanol–water partition coefficient (Wildman–Crippen LogP) is 4.23. The second-order valence-electron chi connectivity index (χ2n) is 5.40. The number of nitrogens with one attached hydrogen (secondary N) is 1. The Hall–Kier alpha value is -1.61. The van der Waals surface area contributed by atoms with Gasteiger partial charge in [0, 0.05) is 12.5 Å². The van der Waals surface area contributed by atoms with Gasteiger partial charge in [-0.05, 0) is 35.4 Å². The van der Waals surface area contributed by atoms with Crippen molar-refractivity contribution in [1.82, 2.24) is 5.32 Å². The highest BCUT2D eigenvalue weighted by Crippen LogP contribution is 2.24. The fourth-order valence-corrected chi connectivity index (χ4v) is 3.17. The number of aryl methyl sites for hydroxylation is 1. The van der Waals surface area contributed by atoms with Crippen LogP contribution in [0.4, 0.5) is 0 Å². The number of carbonyl (C=O) groups excluding carboxylic acids is 1. The summed E-state index contributed by atoms with van der Waals surface area (Å²) in [5, 5.41) is 5.04. The first-order valence-electron chi connectivity index (χ1n) is 6.97. The third kappa shape index (κ3) is 3.48. The van der Waals surface area contributed by atoms with Crippen molar-refractivity contribution in [3.8, 4) is 0 Å². The summed E-state index contributed by atoms with van der Waals surface area (Å²) in [4.78, 5) is 13.0. The van der Waals surface area contributed by atoms with E-state index >= 15 is 0 Å². The molecule has 1 unspecified atom stereocenters. The van der Waals surface area contributed by atoms with Crippen LogP contribution in [0.3, 0.4) is 0 Å². The van der Waals surface area contributed by atoms with E-state index < -0.39 is 0 Å². The molecule has 1 N–H and O–H groups in total. The SMILES string of the molecule is Cc1ccsc1C(=O)NCC(c1ccccc1)C(C)C.